The van der Waals surface area contributed by atoms with Crippen molar-refractivity contribution in [3.63, 3.8) is 0 Å². The summed E-state index contributed by atoms with van der Waals surface area (Å²) in [4.78, 5) is 9.25. The Morgan fingerprint density at radius 2 is 2.04 bits per heavy atom. The standard InChI is InChI=1S/C18H31N3O2S/c1-16(15-24(3,22)23)14-20(2)18-8-12-21(13-9-18)11-7-17-6-4-5-10-19-17/h4-6,10,16,18H,7-9,11-15H2,1-3H3. The zero-order chi connectivity index (χ0) is 17.6. The second-order valence-corrected chi connectivity index (χ2v) is 9.47. The molecule has 1 aliphatic rings. The lowest BCUT2D eigenvalue weighted by atomic mass is 10.0. The van der Waals surface area contributed by atoms with Gasteiger partial charge in [-0.05, 0) is 51.0 Å². The smallest absolute Gasteiger partial charge is 0.147 e. The van der Waals surface area contributed by atoms with Crippen molar-refractivity contribution in [2.24, 2.45) is 5.92 Å². The minimum Gasteiger partial charge on any atom is -0.303 e. The molecule has 0 spiro atoms. The number of sulfone groups is 1. The molecule has 1 fully saturated rings. The zero-order valence-electron chi connectivity index (χ0n) is 15.2. The van der Waals surface area contributed by atoms with Gasteiger partial charge in [0, 0.05) is 43.7 Å². The molecule has 136 valence electrons. The van der Waals surface area contributed by atoms with E-state index < -0.39 is 9.84 Å². The van der Waals surface area contributed by atoms with E-state index in [0.717, 1.165) is 51.1 Å². The van der Waals surface area contributed by atoms with Crippen molar-refractivity contribution in [2.75, 3.05) is 45.2 Å². The SMILES string of the molecule is CC(CN(C)C1CCN(CCc2ccccn2)CC1)CS(C)(=O)=O. The summed E-state index contributed by atoms with van der Waals surface area (Å²) in [5.74, 6) is 0.465. The van der Waals surface area contributed by atoms with Gasteiger partial charge in [-0.15, -0.1) is 0 Å². The van der Waals surface area contributed by atoms with Gasteiger partial charge in [-0.1, -0.05) is 13.0 Å². The van der Waals surface area contributed by atoms with E-state index in [-0.39, 0.29) is 11.7 Å². The summed E-state index contributed by atoms with van der Waals surface area (Å²) in [5.41, 5.74) is 1.16. The molecule has 1 unspecified atom stereocenters. The van der Waals surface area contributed by atoms with Crippen molar-refractivity contribution < 1.29 is 8.42 Å². The van der Waals surface area contributed by atoms with Crippen molar-refractivity contribution >= 4 is 9.84 Å². The first-order valence-corrected chi connectivity index (χ1v) is 10.9. The van der Waals surface area contributed by atoms with Gasteiger partial charge < -0.3 is 9.80 Å². The predicted molar refractivity (Wildman–Crippen MR) is 98.9 cm³/mol. The van der Waals surface area contributed by atoms with Crippen molar-refractivity contribution in [1.29, 1.82) is 0 Å². The molecule has 0 radical (unpaired) electrons. The van der Waals surface area contributed by atoms with E-state index >= 15 is 0 Å². The van der Waals surface area contributed by atoms with E-state index in [1.54, 1.807) is 0 Å². The second kappa shape index (κ2) is 8.92. The Morgan fingerprint density at radius 3 is 2.62 bits per heavy atom. The van der Waals surface area contributed by atoms with Gasteiger partial charge in [0.2, 0.25) is 0 Å². The van der Waals surface area contributed by atoms with Crippen LogP contribution in [0, 0.1) is 5.92 Å². The molecule has 0 N–H and O–H groups in total. The predicted octanol–water partition coefficient (Wildman–Crippen LogP) is 1.70. The summed E-state index contributed by atoms with van der Waals surface area (Å²) in [6, 6.07) is 6.65. The van der Waals surface area contributed by atoms with Gasteiger partial charge in [-0.25, -0.2) is 8.42 Å². The van der Waals surface area contributed by atoms with E-state index in [9.17, 15) is 8.42 Å². The summed E-state index contributed by atoms with van der Waals surface area (Å²) in [6.45, 7) is 6.17. The first kappa shape index (κ1) is 19.3. The summed E-state index contributed by atoms with van der Waals surface area (Å²) < 4.78 is 22.8. The monoisotopic (exact) mass is 353 g/mol. The fourth-order valence-electron chi connectivity index (χ4n) is 3.61. The van der Waals surface area contributed by atoms with Crippen LogP contribution >= 0.6 is 0 Å². The van der Waals surface area contributed by atoms with Gasteiger partial charge >= 0.3 is 0 Å². The highest BCUT2D eigenvalue weighted by Crippen LogP contribution is 2.17. The number of nitrogens with zero attached hydrogens (tertiary/aromatic N) is 3. The largest absolute Gasteiger partial charge is 0.303 e. The normalized spacial score (nSPS) is 18.8. The topological polar surface area (TPSA) is 53.5 Å². The van der Waals surface area contributed by atoms with Crippen molar-refractivity contribution in [1.82, 2.24) is 14.8 Å². The van der Waals surface area contributed by atoms with Gasteiger partial charge in [-0.2, -0.15) is 0 Å². The summed E-state index contributed by atoms with van der Waals surface area (Å²) >= 11 is 0. The van der Waals surface area contributed by atoms with Crippen LogP contribution in [0.1, 0.15) is 25.5 Å². The molecule has 0 amide bonds. The maximum Gasteiger partial charge on any atom is 0.147 e. The molecule has 24 heavy (non-hydrogen) atoms. The molecule has 6 heteroatoms. The van der Waals surface area contributed by atoms with E-state index in [0.29, 0.717) is 6.04 Å². The Hall–Kier alpha value is -0.980. The van der Waals surface area contributed by atoms with E-state index in [2.05, 4.69) is 27.9 Å². The number of pyridine rings is 1. The van der Waals surface area contributed by atoms with Crippen LogP contribution in [-0.4, -0.2) is 74.5 Å². The van der Waals surface area contributed by atoms with Crippen molar-refractivity contribution in [3.8, 4) is 0 Å². The van der Waals surface area contributed by atoms with Gasteiger partial charge in [-0.3, -0.25) is 4.98 Å². The van der Waals surface area contributed by atoms with Crippen LogP contribution < -0.4 is 0 Å². The minimum atomic E-state index is -2.88. The molecule has 2 heterocycles. The number of likely N-dealkylation sites (tertiary alicyclic amines) is 1. The highest BCUT2D eigenvalue weighted by Gasteiger charge is 2.24. The number of rotatable bonds is 8. The lowest BCUT2D eigenvalue weighted by Crippen LogP contribution is -2.45. The molecule has 0 saturated carbocycles. The molecular formula is C18H31N3O2S. The number of hydrogen-bond donors (Lipinski definition) is 0. The van der Waals surface area contributed by atoms with Crippen molar-refractivity contribution in [3.05, 3.63) is 30.1 Å². The van der Waals surface area contributed by atoms with Crippen LogP contribution in [-0.2, 0) is 16.3 Å². The maximum atomic E-state index is 11.4. The molecule has 1 aromatic rings. The second-order valence-electron chi connectivity index (χ2n) is 7.28. The molecule has 1 atom stereocenters. The van der Waals surface area contributed by atoms with E-state index in [1.165, 1.54) is 6.26 Å². The molecule has 1 aliphatic heterocycles. The van der Waals surface area contributed by atoms with Crippen LogP contribution in [0.4, 0.5) is 0 Å². The average molecular weight is 354 g/mol. The summed E-state index contributed by atoms with van der Waals surface area (Å²) in [5, 5.41) is 0. The first-order valence-electron chi connectivity index (χ1n) is 8.83. The number of aromatic nitrogens is 1. The Balaban J connectivity index is 1.70. The Bertz CT molecular complexity index is 584. The lowest BCUT2D eigenvalue weighted by Gasteiger charge is -2.37. The molecule has 0 aromatic carbocycles. The fourth-order valence-corrected chi connectivity index (χ4v) is 4.75. The Kier molecular flexibility index (Phi) is 7.19. The molecule has 0 bridgehead atoms. The molecule has 0 aliphatic carbocycles. The molecule has 5 nitrogen and oxygen atoms in total. The number of hydrogen-bond acceptors (Lipinski definition) is 5. The van der Waals surface area contributed by atoms with Crippen LogP contribution in [0.2, 0.25) is 0 Å². The fraction of sp³-hybridized carbons (Fsp3) is 0.722. The molecule has 2 rings (SSSR count). The average Bonchev–Trinajstić information content (AvgIpc) is 2.52. The molecule has 1 aromatic heterocycles. The first-order chi connectivity index (χ1) is 11.3. The molecular weight excluding hydrogens is 322 g/mol. The van der Waals surface area contributed by atoms with Crippen molar-refractivity contribution in [2.45, 2.75) is 32.2 Å². The van der Waals surface area contributed by atoms with Crippen LogP contribution in [0.25, 0.3) is 0 Å². The highest BCUT2D eigenvalue weighted by molar-refractivity contribution is 7.90. The van der Waals surface area contributed by atoms with Crippen LogP contribution in [0.5, 0.6) is 0 Å². The Morgan fingerprint density at radius 1 is 1.33 bits per heavy atom. The van der Waals surface area contributed by atoms with Gasteiger partial charge in [0.25, 0.3) is 0 Å². The van der Waals surface area contributed by atoms with Crippen LogP contribution in [0.15, 0.2) is 24.4 Å². The zero-order valence-corrected chi connectivity index (χ0v) is 16.0. The third kappa shape index (κ3) is 6.87. The summed E-state index contributed by atoms with van der Waals surface area (Å²) in [7, 11) is -0.751. The third-order valence-electron chi connectivity index (χ3n) is 4.78. The van der Waals surface area contributed by atoms with Crippen LogP contribution in [0.3, 0.4) is 0 Å². The lowest BCUT2D eigenvalue weighted by molar-refractivity contribution is 0.120. The quantitative estimate of drug-likeness (QED) is 0.712. The van der Waals surface area contributed by atoms with E-state index in [4.69, 9.17) is 0 Å². The number of piperidine rings is 1. The third-order valence-corrected chi connectivity index (χ3v) is 5.95. The maximum absolute atomic E-state index is 11.4. The van der Waals surface area contributed by atoms with Gasteiger partial charge in [0.05, 0.1) is 5.75 Å². The van der Waals surface area contributed by atoms with Gasteiger partial charge in [0.1, 0.15) is 9.84 Å². The summed E-state index contributed by atoms with van der Waals surface area (Å²) in [6.07, 6.45) is 6.50. The van der Waals surface area contributed by atoms with Gasteiger partial charge in [0.15, 0.2) is 0 Å². The Labute approximate surface area is 147 Å². The highest BCUT2D eigenvalue weighted by atomic mass is 32.2. The van der Waals surface area contributed by atoms with E-state index in [1.807, 2.05) is 25.3 Å². The molecule has 1 saturated heterocycles. The minimum absolute atomic E-state index is 0.187.